The number of hydrogen-bond acceptors (Lipinski definition) is 5. The fourth-order valence-electron chi connectivity index (χ4n) is 0.672. The molecule has 13 heavy (non-hydrogen) atoms. The Morgan fingerprint density at radius 3 is 2.38 bits per heavy atom. The van der Waals surface area contributed by atoms with Crippen LogP contribution in [0.4, 0.5) is 0 Å². The molecule has 0 unspecified atom stereocenters. The zero-order valence-corrected chi connectivity index (χ0v) is 8.54. The van der Waals surface area contributed by atoms with Crippen LogP contribution in [0.5, 0.6) is 0 Å². The summed E-state index contributed by atoms with van der Waals surface area (Å²) in [6, 6.07) is 0. The van der Waals surface area contributed by atoms with Gasteiger partial charge in [-0.1, -0.05) is 0 Å². The number of carbonyl (C=O) groups excluding carboxylic acids is 1. The second-order valence-electron chi connectivity index (χ2n) is 2.21. The van der Waals surface area contributed by atoms with Gasteiger partial charge in [-0.15, -0.1) is 0 Å². The van der Waals surface area contributed by atoms with Crippen molar-refractivity contribution in [2.24, 2.45) is 0 Å². The van der Waals surface area contributed by atoms with E-state index in [0.29, 0.717) is 0 Å². The summed E-state index contributed by atoms with van der Waals surface area (Å²) < 4.78 is 20.6. The molecule has 0 aliphatic carbocycles. The molecule has 0 spiro atoms. The van der Waals surface area contributed by atoms with Crippen molar-refractivity contribution < 1.29 is 23.5 Å². The Kier molecular flexibility index (Phi) is 5.90. The van der Waals surface area contributed by atoms with Crippen molar-refractivity contribution in [1.82, 2.24) is 5.32 Å². The summed E-state index contributed by atoms with van der Waals surface area (Å²) in [5, 5.41) is 10.5. The molecular formula is C6H14NO5P. The van der Waals surface area contributed by atoms with E-state index in [2.05, 4.69) is 14.4 Å². The minimum absolute atomic E-state index is 0.000478. The average molecular weight is 211 g/mol. The third-order valence-electron chi connectivity index (χ3n) is 1.45. The highest BCUT2D eigenvalue weighted by molar-refractivity contribution is 7.53. The van der Waals surface area contributed by atoms with Gasteiger partial charge >= 0.3 is 7.60 Å². The highest BCUT2D eigenvalue weighted by Crippen LogP contribution is 2.46. The van der Waals surface area contributed by atoms with Gasteiger partial charge < -0.3 is 19.5 Å². The van der Waals surface area contributed by atoms with Crippen LogP contribution >= 0.6 is 7.60 Å². The van der Waals surface area contributed by atoms with Crippen molar-refractivity contribution in [3.63, 3.8) is 0 Å². The van der Waals surface area contributed by atoms with E-state index in [-0.39, 0.29) is 12.6 Å². The lowest BCUT2D eigenvalue weighted by Gasteiger charge is -2.12. The molecule has 0 saturated heterocycles. The lowest BCUT2D eigenvalue weighted by Crippen LogP contribution is -2.24. The van der Waals surface area contributed by atoms with Crippen molar-refractivity contribution in [3.05, 3.63) is 0 Å². The van der Waals surface area contributed by atoms with Gasteiger partial charge in [0.05, 0.1) is 6.16 Å². The van der Waals surface area contributed by atoms with Gasteiger partial charge in [-0.25, -0.2) is 0 Å². The molecule has 0 aromatic rings. The third-order valence-corrected chi connectivity index (χ3v) is 3.33. The van der Waals surface area contributed by atoms with E-state index in [0.717, 1.165) is 0 Å². The van der Waals surface area contributed by atoms with E-state index in [9.17, 15) is 9.36 Å². The van der Waals surface area contributed by atoms with Crippen LogP contribution in [0.1, 0.15) is 6.42 Å². The molecule has 0 aliphatic rings. The number of carbonyl (C=O) groups is 1. The predicted octanol–water partition coefficient (Wildman–Crippen LogP) is -0.0716. The molecule has 6 nitrogen and oxygen atoms in total. The first-order valence-corrected chi connectivity index (χ1v) is 5.39. The Labute approximate surface area is 76.8 Å². The summed E-state index contributed by atoms with van der Waals surface area (Å²) in [6.45, 7) is -0.427. The van der Waals surface area contributed by atoms with Gasteiger partial charge in [0.15, 0.2) is 0 Å². The highest BCUT2D eigenvalue weighted by Gasteiger charge is 2.21. The van der Waals surface area contributed by atoms with Crippen LogP contribution in [0, 0.1) is 0 Å². The first kappa shape index (κ1) is 12.6. The van der Waals surface area contributed by atoms with Crippen molar-refractivity contribution in [2.45, 2.75) is 6.42 Å². The van der Waals surface area contributed by atoms with E-state index >= 15 is 0 Å². The van der Waals surface area contributed by atoms with Gasteiger partial charge in [-0.05, 0) is 0 Å². The van der Waals surface area contributed by atoms with Gasteiger partial charge in [0.25, 0.3) is 0 Å². The van der Waals surface area contributed by atoms with E-state index in [1.54, 1.807) is 0 Å². The quantitative estimate of drug-likeness (QED) is 0.474. The van der Waals surface area contributed by atoms with Crippen molar-refractivity contribution >= 4 is 13.5 Å². The lowest BCUT2D eigenvalue weighted by molar-refractivity contribution is -0.121. The summed E-state index contributed by atoms with van der Waals surface area (Å²) in [5.74, 6) is -0.392. The molecule has 0 rings (SSSR count). The zero-order chi connectivity index (χ0) is 10.3. The van der Waals surface area contributed by atoms with Crippen molar-refractivity contribution in [3.8, 4) is 0 Å². The van der Waals surface area contributed by atoms with Crippen LogP contribution in [0.25, 0.3) is 0 Å². The Morgan fingerprint density at radius 2 is 2.00 bits per heavy atom. The highest BCUT2D eigenvalue weighted by atomic mass is 31.2. The van der Waals surface area contributed by atoms with Crippen LogP contribution in [0.3, 0.4) is 0 Å². The summed E-state index contributed by atoms with van der Waals surface area (Å²) >= 11 is 0. The van der Waals surface area contributed by atoms with Crippen LogP contribution in [0.15, 0.2) is 0 Å². The fraction of sp³-hybridized carbons (Fsp3) is 0.833. The zero-order valence-electron chi connectivity index (χ0n) is 7.65. The smallest absolute Gasteiger partial charge is 0.330 e. The number of amides is 1. The SMILES string of the molecule is COP(=O)(CCC(=O)NCO)OC. The summed E-state index contributed by atoms with van der Waals surface area (Å²) in [7, 11) is -0.585. The van der Waals surface area contributed by atoms with Crippen LogP contribution < -0.4 is 5.32 Å². The maximum atomic E-state index is 11.4. The first-order valence-electron chi connectivity index (χ1n) is 3.66. The first-order chi connectivity index (χ1) is 6.08. The van der Waals surface area contributed by atoms with Crippen molar-refractivity contribution in [2.75, 3.05) is 27.1 Å². The van der Waals surface area contributed by atoms with Crippen molar-refractivity contribution in [1.29, 1.82) is 0 Å². The molecule has 78 valence electrons. The summed E-state index contributed by atoms with van der Waals surface area (Å²) in [5.41, 5.74) is 0. The Hall–Kier alpha value is -0.420. The monoisotopic (exact) mass is 211 g/mol. The van der Waals surface area contributed by atoms with E-state index in [4.69, 9.17) is 5.11 Å². The molecule has 2 N–H and O–H groups in total. The van der Waals surface area contributed by atoms with Crippen LogP contribution in [-0.2, 0) is 18.4 Å². The summed E-state index contributed by atoms with van der Waals surface area (Å²) in [6.07, 6.45) is 0.00531. The Bertz CT molecular complexity index is 199. The number of aliphatic hydroxyl groups excluding tert-OH is 1. The predicted molar refractivity (Wildman–Crippen MR) is 46.3 cm³/mol. The maximum absolute atomic E-state index is 11.4. The molecule has 0 radical (unpaired) electrons. The number of rotatable bonds is 6. The minimum Gasteiger partial charge on any atom is -0.377 e. The number of nitrogens with one attached hydrogen (secondary N) is 1. The lowest BCUT2D eigenvalue weighted by atomic mass is 10.5. The normalized spacial score (nSPS) is 11.3. The third kappa shape index (κ3) is 5.00. The Morgan fingerprint density at radius 1 is 1.46 bits per heavy atom. The molecule has 0 aliphatic heterocycles. The van der Waals surface area contributed by atoms with Gasteiger partial charge in [0.2, 0.25) is 5.91 Å². The molecule has 0 bridgehead atoms. The molecule has 0 heterocycles. The van der Waals surface area contributed by atoms with E-state index in [1.165, 1.54) is 14.2 Å². The minimum atomic E-state index is -3.10. The second kappa shape index (κ2) is 6.10. The number of hydrogen-bond donors (Lipinski definition) is 2. The van der Waals surface area contributed by atoms with Crippen LogP contribution in [-0.4, -0.2) is 38.1 Å². The molecule has 0 fully saturated rings. The average Bonchev–Trinajstić information content (AvgIpc) is 2.15. The fourth-order valence-corrected chi connectivity index (χ4v) is 1.66. The molecule has 0 aromatic heterocycles. The molecule has 0 aromatic carbocycles. The standard InChI is InChI=1S/C6H14NO5P/c1-11-13(10,12-2)4-3-6(9)7-5-8/h8H,3-5H2,1-2H3,(H,7,9). The molecule has 7 heteroatoms. The van der Waals surface area contributed by atoms with Crippen LogP contribution in [0.2, 0.25) is 0 Å². The molecule has 0 atom stereocenters. The molecule has 1 amide bonds. The largest absolute Gasteiger partial charge is 0.377 e. The van der Waals surface area contributed by atoms with E-state index < -0.39 is 20.2 Å². The molecule has 0 saturated carbocycles. The van der Waals surface area contributed by atoms with Gasteiger partial charge in [-0.2, -0.15) is 0 Å². The number of aliphatic hydroxyl groups is 1. The topological polar surface area (TPSA) is 84.9 Å². The van der Waals surface area contributed by atoms with Gasteiger partial charge in [-0.3, -0.25) is 9.36 Å². The Balaban J connectivity index is 3.86. The van der Waals surface area contributed by atoms with Gasteiger partial charge in [0, 0.05) is 20.6 Å². The molecular weight excluding hydrogens is 197 g/mol. The summed E-state index contributed by atoms with van der Waals surface area (Å²) in [4.78, 5) is 10.8. The van der Waals surface area contributed by atoms with Gasteiger partial charge in [0.1, 0.15) is 6.73 Å². The van der Waals surface area contributed by atoms with E-state index in [1.807, 2.05) is 0 Å². The second-order valence-corrected chi connectivity index (χ2v) is 4.61. The maximum Gasteiger partial charge on any atom is 0.330 e.